The predicted octanol–water partition coefficient (Wildman–Crippen LogP) is 4.07. The third-order valence-corrected chi connectivity index (χ3v) is 4.12. The van der Waals surface area contributed by atoms with Gasteiger partial charge in [-0.1, -0.05) is 42.5 Å². The molecule has 0 saturated carbocycles. The summed E-state index contributed by atoms with van der Waals surface area (Å²) in [5, 5.41) is 1.06. The number of carbonyl (C=O) groups excluding carboxylic acids is 1. The number of benzene rings is 2. The van der Waals surface area contributed by atoms with Gasteiger partial charge >= 0.3 is 5.97 Å². The summed E-state index contributed by atoms with van der Waals surface area (Å²) in [5.74, 6) is -0.229. The monoisotopic (exact) mass is 297 g/mol. The molecule has 0 aliphatic heterocycles. The van der Waals surface area contributed by atoms with Crippen molar-refractivity contribution in [2.45, 2.75) is 13.3 Å². The van der Waals surface area contributed by atoms with E-state index in [-0.39, 0.29) is 12.4 Å². The van der Waals surface area contributed by atoms with Crippen molar-refractivity contribution in [2.24, 2.45) is 0 Å². The molecule has 0 N–H and O–H groups in total. The van der Waals surface area contributed by atoms with Gasteiger partial charge in [-0.2, -0.15) is 4.37 Å². The highest BCUT2D eigenvalue weighted by Crippen LogP contribution is 2.33. The number of hydrogen-bond acceptors (Lipinski definition) is 4. The maximum Gasteiger partial charge on any atom is 0.311 e. The Hall–Kier alpha value is -2.20. The van der Waals surface area contributed by atoms with E-state index in [1.165, 1.54) is 11.5 Å². The first-order valence-corrected chi connectivity index (χ1v) is 7.65. The fourth-order valence-electron chi connectivity index (χ4n) is 2.38. The Kier molecular flexibility index (Phi) is 3.97. The van der Waals surface area contributed by atoms with Crippen LogP contribution in [-0.4, -0.2) is 16.9 Å². The van der Waals surface area contributed by atoms with Crippen LogP contribution in [0.2, 0.25) is 0 Å². The fraction of sp³-hybridized carbons (Fsp3) is 0.176. The Bertz CT molecular complexity index is 765. The predicted molar refractivity (Wildman–Crippen MR) is 85.4 cm³/mol. The Labute approximate surface area is 127 Å². The first-order valence-electron chi connectivity index (χ1n) is 6.88. The van der Waals surface area contributed by atoms with Crippen molar-refractivity contribution in [2.75, 3.05) is 6.61 Å². The van der Waals surface area contributed by atoms with Crippen molar-refractivity contribution < 1.29 is 9.53 Å². The van der Waals surface area contributed by atoms with E-state index in [0.29, 0.717) is 6.61 Å². The van der Waals surface area contributed by atoms with E-state index in [2.05, 4.69) is 22.6 Å². The lowest BCUT2D eigenvalue weighted by Gasteiger charge is -2.05. The topological polar surface area (TPSA) is 39.2 Å². The summed E-state index contributed by atoms with van der Waals surface area (Å²) < 4.78 is 10.6. The number of esters is 1. The molecule has 3 nitrogen and oxygen atoms in total. The van der Waals surface area contributed by atoms with Crippen LogP contribution in [0.3, 0.4) is 0 Å². The number of rotatable bonds is 4. The van der Waals surface area contributed by atoms with Crippen molar-refractivity contribution in [3.8, 4) is 11.1 Å². The lowest BCUT2D eigenvalue weighted by molar-refractivity contribution is -0.142. The number of carbonyl (C=O) groups is 1. The largest absolute Gasteiger partial charge is 0.466 e. The van der Waals surface area contributed by atoms with E-state index in [0.717, 1.165) is 26.9 Å². The molecule has 3 rings (SSSR count). The summed E-state index contributed by atoms with van der Waals surface area (Å²) in [6.45, 7) is 2.21. The van der Waals surface area contributed by atoms with Crippen LogP contribution in [0.15, 0.2) is 48.5 Å². The number of fused-ring (bicyclic) bond motifs is 1. The zero-order chi connectivity index (χ0) is 14.7. The lowest BCUT2D eigenvalue weighted by atomic mass is 10.00. The van der Waals surface area contributed by atoms with Crippen molar-refractivity contribution in [1.29, 1.82) is 0 Å². The molecular weight excluding hydrogens is 282 g/mol. The molecule has 0 fully saturated rings. The average Bonchev–Trinajstić information content (AvgIpc) is 2.91. The normalized spacial score (nSPS) is 10.7. The third-order valence-electron chi connectivity index (χ3n) is 3.27. The molecule has 0 saturated heterocycles. The van der Waals surface area contributed by atoms with E-state index >= 15 is 0 Å². The van der Waals surface area contributed by atoms with Gasteiger partial charge in [0.1, 0.15) is 0 Å². The van der Waals surface area contributed by atoms with E-state index in [1.807, 2.05) is 37.3 Å². The summed E-state index contributed by atoms with van der Waals surface area (Å²) in [6.07, 6.45) is 0.220. The minimum absolute atomic E-state index is 0.220. The van der Waals surface area contributed by atoms with Gasteiger partial charge in [-0.15, -0.1) is 0 Å². The van der Waals surface area contributed by atoms with Gasteiger partial charge in [-0.3, -0.25) is 4.79 Å². The van der Waals surface area contributed by atoms with Crippen molar-refractivity contribution in [3.05, 3.63) is 54.2 Å². The molecule has 0 radical (unpaired) electrons. The van der Waals surface area contributed by atoms with Crippen LogP contribution in [0.5, 0.6) is 0 Å². The molecule has 4 heteroatoms. The van der Waals surface area contributed by atoms with E-state index in [9.17, 15) is 4.79 Å². The molecule has 3 aromatic rings. The Morgan fingerprint density at radius 1 is 1.14 bits per heavy atom. The van der Waals surface area contributed by atoms with Crippen LogP contribution in [0.1, 0.15) is 12.6 Å². The standard InChI is InChI=1S/C17H15NO2S/c1-2-20-16(19)11-14-17-13(12-7-4-3-5-8-12)9-6-10-15(17)21-18-14/h3-10H,2,11H2,1H3. The molecular formula is C17H15NO2S. The highest BCUT2D eigenvalue weighted by Gasteiger charge is 2.15. The fourth-order valence-corrected chi connectivity index (χ4v) is 3.21. The number of ether oxygens (including phenoxy) is 1. The Morgan fingerprint density at radius 3 is 2.71 bits per heavy atom. The molecule has 21 heavy (non-hydrogen) atoms. The molecule has 0 unspecified atom stereocenters. The quantitative estimate of drug-likeness (QED) is 0.681. The van der Waals surface area contributed by atoms with Crippen LogP contribution in [0, 0.1) is 0 Å². The maximum absolute atomic E-state index is 11.7. The molecule has 0 aliphatic rings. The summed E-state index contributed by atoms with van der Waals surface area (Å²) in [7, 11) is 0. The van der Waals surface area contributed by atoms with Crippen LogP contribution in [0.4, 0.5) is 0 Å². The van der Waals surface area contributed by atoms with E-state index < -0.39 is 0 Å². The average molecular weight is 297 g/mol. The van der Waals surface area contributed by atoms with E-state index in [4.69, 9.17) is 4.74 Å². The Morgan fingerprint density at radius 2 is 1.95 bits per heavy atom. The number of nitrogens with zero attached hydrogens (tertiary/aromatic N) is 1. The van der Waals surface area contributed by atoms with Crippen LogP contribution >= 0.6 is 11.5 Å². The van der Waals surface area contributed by atoms with Gasteiger partial charge in [0, 0.05) is 5.39 Å². The van der Waals surface area contributed by atoms with Gasteiger partial charge in [0.05, 0.1) is 23.4 Å². The maximum atomic E-state index is 11.7. The molecule has 0 aliphatic carbocycles. The van der Waals surface area contributed by atoms with Gasteiger partial charge in [-0.05, 0) is 35.6 Å². The first kappa shape index (κ1) is 13.8. The second kappa shape index (κ2) is 6.06. The highest BCUT2D eigenvalue weighted by atomic mass is 32.1. The summed E-state index contributed by atoms with van der Waals surface area (Å²) in [6, 6.07) is 16.3. The van der Waals surface area contributed by atoms with E-state index in [1.54, 1.807) is 0 Å². The van der Waals surface area contributed by atoms with Gasteiger partial charge in [0.15, 0.2) is 0 Å². The smallest absolute Gasteiger partial charge is 0.311 e. The zero-order valence-corrected chi connectivity index (χ0v) is 12.5. The van der Waals surface area contributed by atoms with Gasteiger partial charge < -0.3 is 4.74 Å². The van der Waals surface area contributed by atoms with Gasteiger partial charge in [-0.25, -0.2) is 0 Å². The van der Waals surface area contributed by atoms with Crippen LogP contribution in [-0.2, 0) is 16.0 Å². The molecule has 1 heterocycles. The molecule has 0 spiro atoms. The first-order chi connectivity index (χ1) is 10.3. The van der Waals surface area contributed by atoms with Crippen molar-refractivity contribution >= 4 is 27.6 Å². The van der Waals surface area contributed by atoms with Crippen LogP contribution in [0.25, 0.3) is 21.2 Å². The summed E-state index contributed by atoms with van der Waals surface area (Å²) in [4.78, 5) is 11.7. The minimum atomic E-state index is -0.229. The molecule has 2 aromatic carbocycles. The number of aromatic nitrogens is 1. The molecule has 1 aromatic heterocycles. The minimum Gasteiger partial charge on any atom is -0.466 e. The van der Waals surface area contributed by atoms with Crippen LogP contribution < -0.4 is 0 Å². The molecule has 0 amide bonds. The number of hydrogen-bond donors (Lipinski definition) is 0. The zero-order valence-electron chi connectivity index (χ0n) is 11.7. The summed E-state index contributed by atoms with van der Waals surface area (Å²) in [5.41, 5.74) is 3.04. The second-order valence-corrected chi connectivity index (χ2v) is 5.46. The molecule has 106 valence electrons. The SMILES string of the molecule is CCOC(=O)Cc1nsc2cccc(-c3ccccc3)c12. The Balaban J connectivity index is 2.09. The highest BCUT2D eigenvalue weighted by molar-refractivity contribution is 7.13. The third kappa shape index (κ3) is 2.81. The van der Waals surface area contributed by atoms with Crippen molar-refractivity contribution in [3.63, 3.8) is 0 Å². The van der Waals surface area contributed by atoms with Gasteiger partial charge in [0.2, 0.25) is 0 Å². The molecule has 0 atom stereocenters. The second-order valence-electron chi connectivity index (χ2n) is 4.66. The van der Waals surface area contributed by atoms with Crippen molar-refractivity contribution in [1.82, 2.24) is 4.37 Å². The molecule has 0 bridgehead atoms. The lowest BCUT2D eigenvalue weighted by Crippen LogP contribution is -2.07. The summed E-state index contributed by atoms with van der Waals surface area (Å²) >= 11 is 1.43. The van der Waals surface area contributed by atoms with Gasteiger partial charge in [0.25, 0.3) is 0 Å².